The summed E-state index contributed by atoms with van der Waals surface area (Å²) in [6, 6.07) is 6.57. The second kappa shape index (κ2) is 6.76. The van der Waals surface area contributed by atoms with Crippen molar-refractivity contribution in [2.75, 3.05) is 13.2 Å². The number of carbonyl (C=O) groups is 2. The van der Waals surface area contributed by atoms with Crippen LogP contribution in [0.5, 0.6) is 0 Å². The largest absolute Gasteiger partial charge is 0.466 e. The number of carbonyl (C=O) groups excluding carboxylic acids is 2. The summed E-state index contributed by atoms with van der Waals surface area (Å²) in [5.74, 6) is -0.105. The van der Waals surface area contributed by atoms with Crippen molar-refractivity contribution in [3.05, 3.63) is 46.5 Å². The van der Waals surface area contributed by atoms with E-state index in [4.69, 9.17) is 9.15 Å². The topological polar surface area (TPSA) is 92.0 Å². The lowest BCUT2D eigenvalue weighted by Crippen LogP contribution is -2.42. The average Bonchev–Trinajstić information content (AvgIpc) is 3.27. The van der Waals surface area contributed by atoms with Gasteiger partial charge in [-0.1, -0.05) is 6.07 Å². The Kier molecular flexibility index (Phi) is 4.70. The van der Waals surface area contributed by atoms with Crippen molar-refractivity contribution in [3.8, 4) is 0 Å². The predicted octanol–water partition coefficient (Wildman–Crippen LogP) is 1.69. The van der Waals surface area contributed by atoms with Gasteiger partial charge in [0, 0.05) is 4.88 Å². The third-order valence-corrected chi connectivity index (χ3v) is 4.67. The number of ether oxygens (including phenoxy) is 1. The lowest BCUT2D eigenvalue weighted by atomic mass is 9.99. The molecule has 24 heavy (non-hydrogen) atoms. The summed E-state index contributed by atoms with van der Waals surface area (Å²) in [4.78, 5) is 26.7. The van der Waals surface area contributed by atoms with Gasteiger partial charge in [-0.3, -0.25) is 9.69 Å². The average molecular weight is 350 g/mol. The number of furan rings is 1. The second-order valence-electron chi connectivity index (χ2n) is 5.70. The van der Waals surface area contributed by atoms with Gasteiger partial charge in [0.2, 0.25) is 0 Å². The number of aliphatic hydroxyl groups is 1. The molecule has 2 aromatic heterocycles. The Morgan fingerprint density at radius 2 is 2.25 bits per heavy atom. The molecule has 7 nitrogen and oxygen atoms in total. The van der Waals surface area contributed by atoms with E-state index >= 15 is 0 Å². The highest BCUT2D eigenvalue weighted by Gasteiger charge is 2.51. The third-order valence-electron chi connectivity index (χ3n) is 3.82. The number of rotatable bonds is 7. The van der Waals surface area contributed by atoms with Crippen LogP contribution in [0.1, 0.15) is 17.6 Å². The molecule has 2 atom stereocenters. The van der Waals surface area contributed by atoms with E-state index in [1.54, 1.807) is 30.4 Å². The minimum absolute atomic E-state index is 0.0342. The fraction of sp³-hybridized carbons (Fsp3) is 0.375. The zero-order chi connectivity index (χ0) is 17.2. The van der Waals surface area contributed by atoms with E-state index in [0.717, 1.165) is 9.78 Å². The van der Waals surface area contributed by atoms with Crippen molar-refractivity contribution in [2.45, 2.75) is 25.2 Å². The molecule has 0 aromatic carbocycles. The molecule has 1 aliphatic rings. The van der Waals surface area contributed by atoms with E-state index in [-0.39, 0.29) is 13.2 Å². The van der Waals surface area contributed by atoms with Crippen molar-refractivity contribution in [1.29, 1.82) is 0 Å². The fourth-order valence-corrected chi connectivity index (χ4v) is 3.19. The molecule has 2 aromatic rings. The number of nitrogens with one attached hydrogen (secondary N) is 1. The quantitative estimate of drug-likeness (QED) is 0.742. The summed E-state index contributed by atoms with van der Waals surface area (Å²) < 4.78 is 10.7. The Morgan fingerprint density at radius 3 is 2.92 bits per heavy atom. The zero-order valence-corrected chi connectivity index (χ0v) is 13.9. The lowest BCUT2D eigenvalue weighted by Gasteiger charge is -2.20. The van der Waals surface area contributed by atoms with Crippen LogP contribution in [0.4, 0.5) is 4.79 Å². The Hall–Kier alpha value is -2.16. The van der Waals surface area contributed by atoms with Crippen LogP contribution in [0.15, 0.2) is 40.3 Å². The molecule has 1 fully saturated rings. The fourth-order valence-electron chi connectivity index (χ4n) is 2.55. The summed E-state index contributed by atoms with van der Waals surface area (Å²) in [5, 5.41) is 14.6. The Bertz CT molecular complexity index is 700. The number of amides is 3. The van der Waals surface area contributed by atoms with Crippen LogP contribution in [0.25, 0.3) is 0 Å². The second-order valence-corrected chi connectivity index (χ2v) is 6.73. The Balaban J connectivity index is 1.56. The molecule has 3 rings (SSSR count). The van der Waals surface area contributed by atoms with E-state index in [0.29, 0.717) is 12.4 Å². The van der Waals surface area contributed by atoms with Gasteiger partial charge in [0.15, 0.2) is 5.54 Å². The van der Waals surface area contributed by atoms with Crippen molar-refractivity contribution in [2.24, 2.45) is 0 Å². The molecule has 3 heterocycles. The van der Waals surface area contributed by atoms with Gasteiger partial charge in [0.25, 0.3) is 5.91 Å². The van der Waals surface area contributed by atoms with Crippen molar-refractivity contribution < 1.29 is 23.8 Å². The highest BCUT2D eigenvalue weighted by atomic mass is 32.1. The number of nitrogens with zero attached hydrogens (tertiary/aromatic N) is 1. The number of imide groups is 1. The number of β-amino-alcohol motifs (C(OH)–C–C–N with tert-alkyl or cyclic N) is 1. The molecule has 1 aliphatic heterocycles. The Morgan fingerprint density at radius 1 is 1.42 bits per heavy atom. The van der Waals surface area contributed by atoms with Gasteiger partial charge >= 0.3 is 6.03 Å². The first-order valence-electron chi connectivity index (χ1n) is 7.47. The molecule has 0 radical (unpaired) electrons. The van der Waals surface area contributed by atoms with Crippen LogP contribution in [0.3, 0.4) is 0 Å². The first-order chi connectivity index (χ1) is 11.5. The van der Waals surface area contributed by atoms with Crippen molar-refractivity contribution in [3.63, 3.8) is 0 Å². The molecular formula is C16H18N2O5S. The normalized spacial score (nSPS) is 22.0. The van der Waals surface area contributed by atoms with Crippen molar-refractivity contribution >= 4 is 23.3 Å². The molecule has 3 amide bonds. The molecule has 1 saturated heterocycles. The highest BCUT2D eigenvalue weighted by Crippen LogP contribution is 2.29. The van der Waals surface area contributed by atoms with Gasteiger partial charge in [-0.05, 0) is 30.5 Å². The minimum atomic E-state index is -1.25. The summed E-state index contributed by atoms with van der Waals surface area (Å²) in [7, 11) is 0. The minimum Gasteiger partial charge on any atom is -0.466 e. The van der Waals surface area contributed by atoms with Crippen LogP contribution < -0.4 is 5.32 Å². The number of hydrogen-bond acceptors (Lipinski definition) is 6. The van der Waals surface area contributed by atoms with E-state index in [2.05, 4.69) is 5.32 Å². The molecule has 0 bridgehead atoms. The highest BCUT2D eigenvalue weighted by molar-refractivity contribution is 7.09. The van der Waals surface area contributed by atoms with E-state index < -0.39 is 23.6 Å². The standard InChI is InChI=1S/C16H18N2O5S/c1-16(13-5-2-6-23-13)14(20)18(15(21)17-16)8-11(19)9-22-10-12-4-3-7-24-12/h2-7,11,19H,8-10H2,1H3,(H,17,21). The van der Waals surface area contributed by atoms with Gasteiger partial charge in [-0.15, -0.1) is 11.3 Å². The number of thiophene rings is 1. The Labute approximate surface area is 142 Å². The monoisotopic (exact) mass is 350 g/mol. The van der Waals surface area contributed by atoms with Gasteiger partial charge in [0.05, 0.1) is 32.1 Å². The van der Waals surface area contributed by atoms with E-state index in [1.165, 1.54) is 6.26 Å². The van der Waals surface area contributed by atoms with Crippen LogP contribution in [-0.4, -0.2) is 41.2 Å². The SMILES string of the molecule is CC1(c2ccco2)NC(=O)N(CC(O)COCc2cccs2)C1=O. The van der Waals surface area contributed by atoms with Crippen LogP contribution in [0, 0.1) is 0 Å². The molecule has 2 unspecified atom stereocenters. The number of aliphatic hydroxyl groups excluding tert-OH is 1. The smallest absolute Gasteiger partial charge is 0.325 e. The molecule has 0 saturated carbocycles. The maximum absolute atomic E-state index is 12.6. The summed E-state index contributed by atoms with van der Waals surface area (Å²) in [5.41, 5.74) is -1.25. The maximum atomic E-state index is 12.6. The first-order valence-corrected chi connectivity index (χ1v) is 8.35. The molecule has 0 aliphatic carbocycles. The van der Waals surface area contributed by atoms with Crippen LogP contribution in [0.2, 0.25) is 0 Å². The summed E-state index contributed by atoms with van der Waals surface area (Å²) in [6.45, 7) is 1.86. The maximum Gasteiger partial charge on any atom is 0.325 e. The first kappa shape index (κ1) is 16.7. The molecule has 0 spiro atoms. The third kappa shape index (κ3) is 3.21. The molecule has 2 N–H and O–H groups in total. The number of urea groups is 1. The predicted molar refractivity (Wildman–Crippen MR) is 86.3 cm³/mol. The molecular weight excluding hydrogens is 332 g/mol. The number of hydrogen-bond donors (Lipinski definition) is 2. The van der Waals surface area contributed by atoms with Gasteiger partial charge in [0.1, 0.15) is 5.76 Å². The zero-order valence-electron chi connectivity index (χ0n) is 13.1. The van der Waals surface area contributed by atoms with E-state index in [9.17, 15) is 14.7 Å². The summed E-state index contributed by atoms with van der Waals surface area (Å²) >= 11 is 1.56. The van der Waals surface area contributed by atoms with Gasteiger partial charge < -0.3 is 19.6 Å². The van der Waals surface area contributed by atoms with Crippen LogP contribution in [-0.2, 0) is 21.7 Å². The lowest BCUT2D eigenvalue weighted by molar-refractivity contribution is -0.133. The van der Waals surface area contributed by atoms with Gasteiger partial charge in [-0.2, -0.15) is 0 Å². The van der Waals surface area contributed by atoms with Gasteiger partial charge in [-0.25, -0.2) is 4.79 Å². The van der Waals surface area contributed by atoms with Crippen molar-refractivity contribution in [1.82, 2.24) is 10.2 Å². The molecule has 128 valence electrons. The molecule has 8 heteroatoms. The van der Waals surface area contributed by atoms with Crippen LogP contribution >= 0.6 is 11.3 Å². The van der Waals surface area contributed by atoms with E-state index in [1.807, 2.05) is 17.5 Å². The summed E-state index contributed by atoms with van der Waals surface area (Å²) in [6.07, 6.45) is 0.481.